The van der Waals surface area contributed by atoms with Crippen molar-refractivity contribution in [2.75, 3.05) is 7.11 Å². The zero-order chi connectivity index (χ0) is 11.5. The van der Waals surface area contributed by atoms with Gasteiger partial charge in [0.05, 0.1) is 12.3 Å². The van der Waals surface area contributed by atoms with Gasteiger partial charge in [-0.15, -0.1) is 11.3 Å². The van der Waals surface area contributed by atoms with Crippen LogP contribution in [0.25, 0.3) is 10.6 Å². The fraction of sp³-hybridized carbons (Fsp3) is 0.250. The predicted octanol–water partition coefficient (Wildman–Crippen LogP) is 3.40. The van der Waals surface area contributed by atoms with Crippen LogP contribution in [0.1, 0.15) is 11.3 Å². The summed E-state index contributed by atoms with van der Waals surface area (Å²) in [6.45, 7) is 2.24. The first-order valence-corrected chi connectivity index (χ1v) is 5.78. The number of aryl methyl sites for hydroxylation is 1. The number of hydrogen-bond acceptors (Lipinski definition) is 3. The van der Waals surface area contributed by atoms with Crippen molar-refractivity contribution >= 4 is 11.3 Å². The van der Waals surface area contributed by atoms with Crippen molar-refractivity contribution < 1.29 is 9.13 Å². The molecular formula is C12H12FNOS. The molecule has 0 unspecified atom stereocenters. The minimum atomic E-state index is -0.194. The van der Waals surface area contributed by atoms with Crippen molar-refractivity contribution in [1.29, 1.82) is 0 Å². The van der Waals surface area contributed by atoms with Crippen LogP contribution in [0.2, 0.25) is 0 Å². The number of ether oxygens (including phenoxy) is 1. The van der Waals surface area contributed by atoms with Gasteiger partial charge in [-0.1, -0.05) is 12.1 Å². The summed E-state index contributed by atoms with van der Waals surface area (Å²) in [6.07, 6.45) is 0. The van der Waals surface area contributed by atoms with E-state index < -0.39 is 0 Å². The van der Waals surface area contributed by atoms with Crippen LogP contribution in [0.4, 0.5) is 4.39 Å². The molecule has 2 aromatic rings. The second-order valence-corrected chi connectivity index (χ2v) is 4.40. The topological polar surface area (TPSA) is 22.1 Å². The first-order chi connectivity index (χ1) is 7.70. The molecule has 0 aliphatic heterocycles. The Morgan fingerprint density at radius 1 is 1.44 bits per heavy atom. The largest absolute Gasteiger partial charge is 0.378 e. The van der Waals surface area contributed by atoms with Crippen LogP contribution in [-0.2, 0) is 11.3 Å². The molecule has 16 heavy (non-hydrogen) atoms. The van der Waals surface area contributed by atoms with Crippen molar-refractivity contribution in [3.63, 3.8) is 0 Å². The van der Waals surface area contributed by atoms with E-state index in [1.54, 1.807) is 20.1 Å². The van der Waals surface area contributed by atoms with Gasteiger partial charge in [0.15, 0.2) is 0 Å². The van der Waals surface area contributed by atoms with E-state index in [0.29, 0.717) is 12.2 Å². The molecule has 1 heterocycles. The minimum absolute atomic E-state index is 0.194. The second-order valence-electron chi connectivity index (χ2n) is 3.54. The van der Waals surface area contributed by atoms with Crippen molar-refractivity contribution in [2.24, 2.45) is 0 Å². The summed E-state index contributed by atoms with van der Waals surface area (Å²) < 4.78 is 18.4. The highest BCUT2D eigenvalue weighted by molar-refractivity contribution is 7.13. The molecule has 0 spiro atoms. The Kier molecular flexibility index (Phi) is 3.31. The summed E-state index contributed by atoms with van der Waals surface area (Å²) in [6, 6.07) is 5.17. The lowest BCUT2D eigenvalue weighted by Gasteiger charge is -1.99. The lowest BCUT2D eigenvalue weighted by Crippen LogP contribution is -1.88. The maximum absolute atomic E-state index is 13.4. The van der Waals surface area contributed by atoms with E-state index in [2.05, 4.69) is 4.98 Å². The summed E-state index contributed by atoms with van der Waals surface area (Å²) >= 11 is 1.50. The second kappa shape index (κ2) is 4.72. The maximum atomic E-state index is 13.4. The number of hydrogen-bond donors (Lipinski definition) is 0. The monoisotopic (exact) mass is 237 g/mol. The smallest absolute Gasteiger partial charge is 0.126 e. The molecule has 84 valence electrons. The standard InChI is InChI=1S/C12H12FNOS/c1-8-3-4-9(5-11(8)13)12-14-10(6-15-2)7-16-12/h3-5,7H,6H2,1-2H3. The third kappa shape index (κ3) is 2.28. The van der Waals surface area contributed by atoms with Crippen LogP contribution in [0.3, 0.4) is 0 Å². The number of halogens is 1. The molecule has 0 bridgehead atoms. The molecule has 0 atom stereocenters. The van der Waals surface area contributed by atoms with Crippen LogP contribution in [0.15, 0.2) is 23.6 Å². The Morgan fingerprint density at radius 3 is 2.94 bits per heavy atom. The fourth-order valence-corrected chi connectivity index (χ4v) is 2.18. The van der Waals surface area contributed by atoms with Crippen molar-refractivity contribution in [1.82, 2.24) is 4.98 Å². The average molecular weight is 237 g/mol. The van der Waals surface area contributed by atoms with Crippen molar-refractivity contribution in [3.8, 4) is 10.6 Å². The number of methoxy groups -OCH3 is 1. The molecule has 0 N–H and O–H groups in total. The first-order valence-electron chi connectivity index (χ1n) is 4.90. The molecule has 0 saturated carbocycles. The molecule has 0 saturated heterocycles. The number of benzene rings is 1. The van der Waals surface area contributed by atoms with Gasteiger partial charge in [-0.25, -0.2) is 9.37 Å². The highest BCUT2D eigenvalue weighted by Crippen LogP contribution is 2.25. The van der Waals surface area contributed by atoms with Crippen LogP contribution >= 0.6 is 11.3 Å². The predicted molar refractivity (Wildman–Crippen MR) is 63.0 cm³/mol. The maximum Gasteiger partial charge on any atom is 0.126 e. The van der Waals surface area contributed by atoms with Crippen molar-refractivity contribution in [2.45, 2.75) is 13.5 Å². The van der Waals surface area contributed by atoms with E-state index in [4.69, 9.17) is 4.74 Å². The molecule has 2 rings (SSSR count). The molecule has 4 heteroatoms. The Labute approximate surface area is 97.7 Å². The van der Waals surface area contributed by atoms with Gasteiger partial charge >= 0.3 is 0 Å². The molecule has 0 fully saturated rings. The number of rotatable bonds is 3. The van der Waals surface area contributed by atoms with E-state index >= 15 is 0 Å². The van der Waals surface area contributed by atoms with E-state index in [1.165, 1.54) is 17.4 Å². The van der Waals surface area contributed by atoms with Gasteiger partial charge in [0.25, 0.3) is 0 Å². The van der Waals surface area contributed by atoms with E-state index in [9.17, 15) is 4.39 Å². The minimum Gasteiger partial charge on any atom is -0.378 e. The Balaban J connectivity index is 2.31. The number of nitrogens with zero attached hydrogens (tertiary/aromatic N) is 1. The number of thiazole rings is 1. The fourth-order valence-electron chi connectivity index (χ4n) is 1.38. The van der Waals surface area contributed by atoms with Gasteiger partial charge in [0.2, 0.25) is 0 Å². The number of aromatic nitrogens is 1. The van der Waals surface area contributed by atoms with Gasteiger partial charge in [-0.3, -0.25) is 0 Å². The molecule has 0 radical (unpaired) electrons. The molecular weight excluding hydrogens is 225 g/mol. The van der Waals surface area contributed by atoms with E-state index in [0.717, 1.165) is 16.3 Å². The van der Waals surface area contributed by atoms with Crippen molar-refractivity contribution in [3.05, 3.63) is 40.7 Å². The summed E-state index contributed by atoms with van der Waals surface area (Å²) in [5.74, 6) is -0.194. The lowest BCUT2D eigenvalue weighted by atomic mass is 10.1. The highest BCUT2D eigenvalue weighted by Gasteiger charge is 2.06. The summed E-state index contributed by atoms with van der Waals surface area (Å²) in [5, 5.41) is 2.75. The third-order valence-electron chi connectivity index (χ3n) is 2.26. The quantitative estimate of drug-likeness (QED) is 0.816. The zero-order valence-corrected chi connectivity index (χ0v) is 9.97. The Hall–Kier alpha value is -1.26. The Bertz CT molecular complexity index is 496. The molecule has 0 aliphatic rings. The normalized spacial score (nSPS) is 10.7. The van der Waals surface area contributed by atoms with Gasteiger partial charge in [0, 0.05) is 18.1 Å². The van der Waals surface area contributed by atoms with Crippen LogP contribution in [-0.4, -0.2) is 12.1 Å². The van der Waals surface area contributed by atoms with Crippen LogP contribution < -0.4 is 0 Å². The zero-order valence-electron chi connectivity index (χ0n) is 9.16. The first kappa shape index (κ1) is 11.2. The summed E-state index contributed by atoms with van der Waals surface area (Å²) in [4.78, 5) is 4.37. The van der Waals surface area contributed by atoms with Gasteiger partial charge in [-0.05, 0) is 18.6 Å². The Morgan fingerprint density at radius 2 is 2.25 bits per heavy atom. The molecule has 1 aromatic heterocycles. The lowest BCUT2D eigenvalue weighted by molar-refractivity contribution is 0.182. The molecule has 1 aromatic carbocycles. The van der Waals surface area contributed by atoms with E-state index in [1.807, 2.05) is 11.4 Å². The van der Waals surface area contributed by atoms with Gasteiger partial charge < -0.3 is 4.74 Å². The highest BCUT2D eigenvalue weighted by atomic mass is 32.1. The average Bonchev–Trinajstić information content (AvgIpc) is 2.71. The molecule has 0 amide bonds. The third-order valence-corrected chi connectivity index (χ3v) is 3.20. The van der Waals surface area contributed by atoms with Gasteiger partial charge in [-0.2, -0.15) is 0 Å². The van der Waals surface area contributed by atoms with Crippen LogP contribution in [0, 0.1) is 12.7 Å². The molecule has 2 nitrogen and oxygen atoms in total. The molecule has 0 aliphatic carbocycles. The van der Waals surface area contributed by atoms with E-state index in [-0.39, 0.29) is 5.82 Å². The van der Waals surface area contributed by atoms with Crippen LogP contribution in [0.5, 0.6) is 0 Å². The SMILES string of the molecule is COCc1csc(-c2ccc(C)c(F)c2)n1. The summed E-state index contributed by atoms with van der Waals surface area (Å²) in [5.41, 5.74) is 2.34. The summed E-state index contributed by atoms with van der Waals surface area (Å²) in [7, 11) is 1.63. The van der Waals surface area contributed by atoms with Gasteiger partial charge in [0.1, 0.15) is 10.8 Å².